The van der Waals surface area contributed by atoms with E-state index < -0.39 is 11.7 Å². The molecule has 0 spiro atoms. The summed E-state index contributed by atoms with van der Waals surface area (Å²) < 4.78 is 15.0. The maximum Gasteiger partial charge on any atom is 0.407 e. The predicted molar refractivity (Wildman–Crippen MR) is 61.9 cm³/mol. The second-order valence-corrected chi connectivity index (χ2v) is 4.28. The number of carbonyl (C=O) groups is 2. The molecule has 1 N–H and O–H groups in total. The molecule has 0 rings (SSSR count). The van der Waals surface area contributed by atoms with Crippen molar-refractivity contribution in [3.05, 3.63) is 0 Å². The minimum atomic E-state index is -0.492. The Morgan fingerprint density at radius 2 is 1.82 bits per heavy atom. The van der Waals surface area contributed by atoms with Gasteiger partial charge in [0.1, 0.15) is 18.5 Å². The number of nitrogens with one attached hydrogen (secondary N) is 1. The number of aldehydes is 1. The van der Waals surface area contributed by atoms with Gasteiger partial charge in [0.15, 0.2) is 0 Å². The Morgan fingerprint density at radius 1 is 1.18 bits per heavy atom. The Hall–Kier alpha value is -1.14. The van der Waals surface area contributed by atoms with Gasteiger partial charge in [0.2, 0.25) is 0 Å². The summed E-state index contributed by atoms with van der Waals surface area (Å²) in [6, 6.07) is 0. The van der Waals surface area contributed by atoms with Gasteiger partial charge in [-0.05, 0) is 20.8 Å². The highest BCUT2D eigenvalue weighted by molar-refractivity contribution is 5.67. The van der Waals surface area contributed by atoms with Crippen molar-refractivity contribution in [1.29, 1.82) is 0 Å². The normalized spacial score (nSPS) is 11.0. The Kier molecular flexibility index (Phi) is 8.35. The highest BCUT2D eigenvalue weighted by Crippen LogP contribution is 2.05. The molecule has 0 bridgehead atoms. The van der Waals surface area contributed by atoms with Gasteiger partial charge in [-0.15, -0.1) is 0 Å². The first-order valence-electron chi connectivity index (χ1n) is 5.51. The summed E-state index contributed by atoms with van der Waals surface area (Å²) in [5.74, 6) is 0. The summed E-state index contributed by atoms with van der Waals surface area (Å²) in [4.78, 5) is 21.1. The minimum Gasteiger partial charge on any atom is -0.444 e. The maximum atomic E-state index is 11.2. The van der Waals surface area contributed by atoms with Crippen molar-refractivity contribution in [1.82, 2.24) is 5.32 Å². The van der Waals surface area contributed by atoms with Gasteiger partial charge in [-0.25, -0.2) is 4.79 Å². The van der Waals surface area contributed by atoms with E-state index in [0.29, 0.717) is 32.7 Å². The summed E-state index contributed by atoms with van der Waals surface area (Å²) in [6.07, 6.45) is 0.225. The average Bonchev–Trinajstić information content (AvgIpc) is 2.19. The lowest BCUT2D eigenvalue weighted by Gasteiger charge is -2.19. The molecule has 0 radical (unpaired) electrons. The van der Waals surface area contributed by atoms with Crippen molar-refractivity contribution >= 4 is 12.4 Å². The summed E-state index contributed by atoms with van der Waals surface area (Å²) in [7, 11) is 0. The molecule has 6 nitrogen and oxygen atoms in total. The van der Waals surface area contributed by atoms with E-state index in [-0.39, 0.29) is 6.61 Å². The minimum absolute atomic E-state index is 0.0829. The molecule has 0 aliphatic heterocycles. The van der Waals surface area contributed by atoms with Gasteiger partial charge in [0.05, 0.1) is 19.8 Å². The third-order valence-electron chi connectivity index (χ3n) is 1.47. The SMILES string of the molecule is CC(C)(C)OC(=O)NCCOCCOCC=O. The molecule has 1 amide bonds. The number of hydrogen-bond donors (Lipinski definition) is 1. The van der Waals surface area contributed by atoms with Gasteiger partial charge >= 0.3 is 6.09 Å². The van der Waals surface area contributed by atoms with E-state index in [2.05, 4.69) is 5.32 Å². The first kappa shape index (κ1) is 15.9. The van der Waals surface area contributed by atoms with Crippen LogP contribution >= 0.6 is 0 Å². The third-order valence-corrected chi connectivity index (χ3v) is 1.47. The molecule has 0 saturated heterocycles. The average molecular weight is 247 g/mol. The number of hydrogen-bond acceptors (Lipinski definition) is 5. The lowest BCUT2D eigenvalue weighted by atomic mass is 10.2. The molecular formula is C11H21NO5. The van der Waals surface area contributed by atoms with Crippen LogP contribution in [0.15, 0.2) is 0 Å². The standard InChI is InChI=1S/C11H21NO5/c1-11(2,3)17-10(14)12-4-6-15-8-9-16-7-5-13/h5H,4,6-9H2,1-3H3,(H,12,14). The highest BCUT2D eigenvalue weighted by Gasteiger charge is 2.15. The van der Waals surface area contributed by atoms with Crippen molar-refractivity contribution in [2.75, 3.05) is 33.0 Å². The molecule has 0 aliphatic carbocycles. The van der Waals surface area contributed by atoms with Crippen LogP contribution < -0.4 is 5.32 Å². The third kappa shape index (κ3) is 12.8. The molecule has 0 aromatic rings. The molecule has 0 aliphatic rings. The molecule has 0 unspecified atom stereocenters. The van der Waals surface area contributed by atoms with Crippen LogP contribution in [0.3, 0.4) is 0 Å². The smallest absolute Gasteiger partial charge is 0.407 e. The Balaban J connectivity index is 3.28. The largest absolute Gasteiger partial charge is 0.444 e. The van der Waals surface area contributed by atoms with E-state index >= 15 is 0 Å². The van der Waals surface area contributed by atoms with Gasteiger partial charge in [-0.2, -0.15) is 0 Å². The van der Waals surface area contributed by atoms with Gasteiger partial charge in [0.25, 0.3) is 0 Å². The second kappa shape index (κ2) is 8.95. The van der Waals surface area contributed by atoms with Crippen LogP contribution in [-0.4, -0.2) is 51.0 Å². The van der Waals surface area contributed by atoms with E-state index in [4.69, 9.17) is 14.2 Å². The highest BCUT2D eigenvalue weighted by atomic mass is 16.6. The Bertz CT molecular complexity index is 224. The fourth-order valence-electron chi connectivity index (χ4n) is 0.891. The zero-order chi connectivity index (χ0) is 13.1. The van der Waals surface area contributed by atoms with Crippen molar-refractivity contribution in [2.45, 2.75) is 26.4 Å². The molecule has 0 saturated carbocycles. The molecule has 100 valence electrons. The summed E-state index contributed by atoms with van der Waals surface area (Å²) in [5.41, 5.74) is -0.492. The Morgan fingerprint density at radius 3 is 2.41 bits per heavy atom. The number of alkyl carbamates (subject to hydrolysis) is 1. The maximum absolute atomic E-state index is 11.2. The van der Waals surface area contributed by atoms with Gasteiger partial charge < -0.3 is 24.3 Å². The van der Waals surface area contributed by atoms with Crippen LogP contribution in [0.2, 0.25) is 0 Å². The number of ether oxygens (including phenoxy) is 3. The zero-order valence-electron chi connectivity index (χ0n) is 10.7. The molecule has 6 heteroatoms. The Labute approximate surface area is 102 Å². The zero-order valence-corrected chi connectivity index (χ0v) is 10.7. The van der Waals surface area contributed by atoms with Gasteiger partial charge in [0, 0.05) is 6.54 Å². The topological polar surface area (TPSA) is 73.9 Å². The first-order chi connectivity index (χ1) is 7.95. The van der Waals surface area contributed by atoms with E-state index in [1.54, 1.807) is 20.8 Å². The van der Waals surface area contributed by atoms with E-state index in [9.17, 15) is 9.59 Å². The quantitative estimate of drug-likeness (QED) is 0.506. The van der Waals surface area contributed by atoms with Crippen molar-refractivity contribution in [2.24, 2.45) is 0 Å². The van der Waals surface area contributed by atoms with Crippen LogP contribution in [0, 0.1) is 0 Å². The van der Waals surface area contributed by atoms with Crippen LogP contribution in [0.1, 0.15) is 20.8 Å². The lowest BCUT2D eigenvalue weighted by Crippen LogP contribution is -2.34. The number of rotatable bonds is 8. The second-order valence-electron chi connectivity index (χ2n) is 4.28. The molecule has 0 heterocycles. The van der Waals surface area contributed by atoms with E-state index in [0.717, 1.165) is 0 Å². The molecule has 0 aromatic heterocycles. The van der Waals surface area contributed by atoms with E-state index in [1.165, 1.54) is 0 Å². The van der Waals surface area contributed by atoms with Crippen LogP contribution in [0.4, 0.5) is 4.79 Å². The monoisotopic (exact) mass is 247 g/mol. The summed E-state index contributed by atoms with van der Waals surface area (Å²) in [5, 5.41) is 2.56. The molecule has 17 heavy (non-hydrogen) atoms. The van der Waals surface area contributed by atoms with Crippen molar-refractivity contribution < 1.29 is 23.8 Å². The van der Waals surface area contributed by atoms with Gasteiger partial charge in [-0.1, -0.05) is 0 Å². The molecule has 0 atom stereocenters. The lowest BCUT2D eigenvalue weighted by molar-refractivity contribution is -0.112. The number of carbonyl (C=O) groups excluding carboxylic acids is 2. The predicted octanol–water partition coefficient (Wildman–Crippen LogP) is 0.743. The van der Waals surface area contributed by atoms with Gasteiger partial charge in [-0.3, -0.25) is 0 Å². The molecular weight excluding hydrogens is 226 g/mol. The summed E-state index contributed by atoms with van der Waals surface area (Å²) >= 11 is 0. The van der Waals surface area contributed by atoms with Crippen LogP contribution in [0.5, 0.6) is 0 Å². The van der Waals surface area contributed by atoms with Crippen LogP contribution in [0.25, 0.3) is 0 Å². The van der Waals surface area contributed by atoms with Crippen LogP contribution in [-0.2, 0) is 19.0 Å². The first-order valence-corrected chi connectivity index (χ1v) is 5.51. The van der Waals surface area contributed by atoms with Crippen molar-refractivity contribution in [3.8, 4) is 0 Å². The fourth-order valence-corrected chi connectivity index (χ4v) is 0.891. The molecule has 0 fully saturated rings. The summed E-state index contributed by atoms with van der Waals surface area (Å²) in [6.45, 7) is 7.00. The molecule has 0 aromatic carbocycles. The fraction of sp³-hybridized carbons (Fsp3) is 0.818. The van der Waals surface area contributed by atoms with Crippen molar-refractivity contribution in [3.63, 3.8) is 0 Å². The van der Waals surface area contributed by atoms with E-state index in [1.807, 2.05) is 0 Å². The number of amides is 1.